The molecule has 0 unspecified atom stereocenters. The van der Waals surface area contributed by atoms with E-state index in [0.29, 0.717) is 6.42 Å². The van der Waals surface area contributed by atoms with Gasteiger partial charge in [-0.3, -0.25) is 48.6 Å². The number of likely N-dealkylation sites (tertiary alicyclic amines) is 1. The van der Waals surface area contributed by atoms with Crippen LogP contribution in [0.5, 0.6) is 0 Å². The lowest BCUT2D eigenvalue weighted by Crippen LogP contribution is -2.60. The summed E-state index contributed by atoms with van der Waals surface area (Å²) in [4.78, 5) is 129. The molecule has 1 saturated heterocycles. The van der Waals surface area contributed by atoms with Gasteiger partial charge in [0.05, 0.1) is 12.6 Å². The Morgan fingerprint density at radius 3 is 1.86 bits per heavy atom. The lowest BCUT2D eigenvalue weighted by atomic mass is 9.99. The number of carboxylic acids is 2. The maximum absolute atomic E-state index is 13.9. The highest BCUT2D eigenvalue weighted by molar-refractivity contribution is 5.97. The summed E-state index contributed by atoms with van der Waals surface area (Å²) in [7, 11) is 0. The van der Waals surface area contributed by atoms with E-state index in [4.69, 9.17) is 27.7 Å². The van der Waals surface area contributed by atoms with Gasteiger partial charge in [-0.2, -0.15) is 0 Å². The Balaban J connectivity index is 3.05. The zero-order chi connectivity index (χ0) is 48.1. The summed E-state index contributed by atoms with van der Waals surface area (Å²) >= 11 is 0. The fourth-order valence-corrected chi connectivity index (χ4v) is 6.56. The third-order valence-corrected chi connectivity index (χ3v) is 10.0. The molecule has 0 bridgehead atoms. The minimum absolute atomic E-state index is 0.0285. The number of guanidine groups is 1. The number of amides is 8. The third-order valence-electron chi connectivity index (χ3n) is 10.0. The highest BCUT2D eigenvalue weighted by Gasteiger charge is 2.41. The van der Waals surface area contributed by atoms with Crippen LogP contribution < -0.4 is 54.4 Å². The van der Waals surface area contributed by atoms with E-state index in [0.717, 1.165) is 0 Å². The molecule has 24 nitrogen and oxygen atoms in total. The van der Waals surface area contributed by atoms with Gasteiger partial charge >= 0.3 is 11.9 Å². The van der Waals surface area contributed by atoms with Crippen LogP contribution in [0, 0.1) is 23.2 Å². The monoisotopic (exact) mass is 897 g/mol. The van der Waals surface area contributed by atoms with E-state index in [-0.39, 0.29) is 76.3 Å². The molecule has 8 amide bonds. The quantitative estimate of drug-likeness (QED) is 0.0208. The molecule has 0 saturated carbocycles. The molecular weight excluding hydrogens is 829 g/mol. The summed E-state index contributed by atoms with van der Waals surface area (Å²) in [6, 6.07) is -8.51. The number of carbonyl (C=O) groups excluding carboxylic acids is 8. The number of primary amides is 1. The van der Waals surface area contributed by atoms with Crippen molar-refractivity contribution < 1.29 is 58.2 Å². The Bertz CT molecular complexity index is 1660. The van der Waals surface area contributed by atoms with Crippen LogP contribution in [0.4, 0.5) is 0 Å². The molecule has 1 rings (SSSR count). The van der Waals surface area contributed by atoms with Gasteiger partial charge in [0.2, 0.25) is 47.3 Å². The second-order valence-corrected chi connectivity index (χ2v) is 16.6. The van der Waals surface area contributed by atoms with Gasteiger partial charge in [0, 0.05) is 25.9 Å². The first-order valence-electron chi connectivity index (χ1n) is 21.0. The molecule has 356 valence electrons. The molecule has 1 heterocycles. The summed E-state index contributed by atoms with van der Waals surface area (Å²) in [5.74, 6) is -10.0. The fourth-order valence-electron chi connectivity index (χ4n) is 6.56. The van der Waals surface area contributed by atoms with E-state index in [2.05, 4.69) is 37.2 Å². The number of hydrogen-bond donors (Lipinski definition) is 13. The summed E-state index contributed by atoms with van der Waals surface area (Å²) < 4.78 is 0. The van der Waals surface area contributed by atoms with Crippen LogP contribution >= 0.6 is 0 Å². The number of nitrogens with one attached hydrogen (secondary N) is 8. The first kappa shape index (κ1) is 54.9. The number of carbonyl (C=O) groups is 10. The van der Waals surface area contributed by atoms with Crippen molar-refractivity contribution in [1.29, 1.82) is 5.41 Å². The number of hydrogen-bond acceptors (Lipinski definition) is 12. The van der Waals surface area contributed by atoms with Gasteiger partial charge < -0.3 is 69.5 Å². The molecule has 63 heavy (non-hydrogen) atoms. The average Bonchev–Trinajstić information content (AvgIpc) is 3.68. The number of nitrogens with two attached hydrogens (primary N) is 3. The molecule has 1 fully saturated rings. The molecule has 0 aromatic heterocycles. The Labute approximate surface area is 366 Å². The van der Waals surface area contributed by atoms with Crippen molar-refractivity contribution in [2.45, 2.75) is 142 Å². The lowest BCUT2D eigenvalue weighted by molar-refractivity contribution is -0.145. The van der Waals surface area contributed by atoms with Crippen molar-refractivity contribution in [3.63, 3.8) is 0 Å². The minimum atomic E-state index is -1.41. The van der Waals surface area contributed by atoms with E-state index in [9.17, 15) is 53.1 Å². The highest BCUT2D eigenvalue weighted by atomic mass is 16.4. The van der Waals surface area contributed by atoms with Gasteiger partial charge in [0.15, 0.2) is 5.96 Å². The molecule has 0 aliphatic carbocycles. The maximum atomic E-state index is 13.9. The highest BCUT2D eigenvalue weighted by Crippen LogP contribution is 2.21. The molecule has 0 aromatic carbocycles. The predicted molar refractivity (Wildman–Crippen MR) is 227 cm³/mol. The fraction of sp³-hybridized carbons (Fsp3) is 0.718. The van der Waals surface area contributed by atoms with Crippen LogP contribution in [0.3, 0.4) is 0 Å². The van der Waals surface area contributed by atoms with Gasteiger partial charge in [-0.1, -0.05) is 41.5 Å². The second kappa shape index (κ2) is 27.1. The van der Waals surface area contributed by atoms with Gasteiger partial charge in [0.25, 0.3) is 0 Å². The Morgan fingerprint density at radius 1 is 0.698 bits per heavy atom. The summed E-state index contributed by atoms with van der Waals surface area (Å²) in [5, 5.41) is 43.4. The zero-order valence-corrected chi connectivity index (χ0v) is 36.9. The zero-order valence-electron chi connectivity index (χ0n) is 36.9. The maximum Gasteiger partial charge on any atom is 0.326 e. The lowest BCUT2D eigenvalue weighted by Gasteiger charge is -2.32. The summed E-state index contributed by atoms with van der Waals surface area (Å²) in [6.45, 7) is 9.83. The number of aliphatic carboxylic acids is 2. The molecule has 1 aliphatic heterocycles. The smallest absolute Gasteiger partial charge is 0.326 e. The van der Waals surface area contributed by atoms with Crippen LogP contribution in [0.25, 0.3) is 0 Å². The molecule has 0 spiro atoms. The number of carboxylic acid groups (broad SMARTS) is 2. The van der Waals surface area contributed by atoms with E-state index in [1.807, 2.05) is 0 Å². The minimum Gasteiger partial charge on any atom is -0.481 e. The summed E-state index contributed by atoms with van der Waals surface area (Å²) in [5.41, 5.74) is 16.4. The van der Waals surface area contributed by atoms with Crippen LogP contribution in [0.1, 0.15) is 99.3 Å². The van der Waals surface area contributed by atoms with Gasteiger partial charge in [-0.15, -0.1) is 0 Å². The van der Waals surface area contributed by atoms with E-state index >= 15 is 0 Å². The normalized spacial score (nSPS) is 16.4. The van der Waals surface area contributed by atoms with Gasteiger partial charge in [-0.05, 0) is 62.7 Å². The Morgan fingerprint density at radius 2 is 1.32 bits per heavy atom. The molecule has 24 heteroatoms. The average molecular weight is 897 g/mol. The summed E-state index contributed by atoms with van der Waals surface area (Å²) in [6.07, 6.45) is -0.113. The van der Waals surface area contributed by atoms with Crippen molar-refractivity contribution in [1.82, 2.24) is 42.1 Å². The predicted octanol–water partition coefficient (Wildman–Crippen LogP) is -3.32. The molecule has 0 aromatic rings. The Kier molecular flexibility index (Phi) is 23.6. The van der Waals surface area contributed by atoms with Crippen molar-refractivity contribution in [3.05, 3.63) is 0 Å². The molecule has 1 aliphatic rings. The number of rotatable bonds is 28. The largest absolute Gasteiger partial charge is 0.481 e. The van der Waals surface area contributed by atoms with Crippen LogP contribution in [0.15, 0.2) is 0 Å². The standard InChI is InChI=1S/C39H68N12O12/c1-19(2)17-25(48-32(56)22(40)11-14-29(54)55)34(58)46-23(12-13-27(41)52)33(57)45-18-28(53)49-30(20(3)4)36(60)50-31(21(5)6)37(61)51-16-8-10-26(51)35(59)47-24(38(62)63)9-7-15-44-39(42)43/h19-26,30-31H,7-18,40H2,1-6H3,(H2,41,52)(H,45,57)(H,46,58)(H,47,59)(H,48,56)(H,49,53)(H,50,60)(H,54,55)(H,62,63)(H4,42,43,44)/t22-,23-,24-,25-,26-,30-,31-/m0/s1. The Hall–Kier alpha value is -6.07. The van der Waals surface area contributed by atoms with Crippen molar-refractivity contribution in [3.8, 4) is 0 Å². The van der Waals surface area contributed by atoms with E-state index in [1.54, 1.807) is 41.5 Å². The molecule has 0 radical (unpaired) electrons. The van der Waals surface area contributed by atoms with Crippen molar-refractivity contribution in [2.75, 3.05) is 19.6 Å². The van der Waals surface area contributed by atoms with Gasteiger partial charge in [0.1, 0.15) is 36.3 Å². The number of nitrogens with zero attached hydrogens (tertiary/aromatic N) is 1. The van der Waals surface area contributed by atoms with Crippen LogP contribution in [0.2, 0.25) is 0 Å². The van der Waals surface area contributed by atoms with Crippen LogP contribution in [-0.2, 0) is 47.9 Å². The second-order valence-electron chi connectivity index (χ2n) is 16.6. The first-order valence-corrected chi connectivity index (χ1v) is 21.0. The SMILES string of the molecule is CC(C)C[C@H](NC(=O)[C@@H](N)CCC(=O)O)C(=O)N[C@@H](CCC(N)=O)C(=O)NCC(=O)N[C@H](C(=O)N[C@H](C(=O)N1CCC[C@H]1C(=O)N[C@@H](CCCNC(=N)N)C(=O)O)C(C)C)C(C)C. The van der Waals surface area contributed by atoms with Crippen molar-refractivity contribution >= 4 is 65.2 Å². The topological polar surface area (TPSA) is 401 Å². The van der Waals surface area contributed by atoms with E-state index in [1.165, 1.54) is 4.90 Å². The molecule has 7 atom stereocenters. The third kappa shape index (κ3) is 20.1. The van der Waals surface area contributed by atoms with E-state index < -0.39 is 120 Å². The molecular formula is C39H68N12O12. The van der Waals surface area contributed by atoms with Gasteiger partial charge in [-0.25, -0.2) is 4.79 Å². The first-order chi connectivity index (χ1) is 29.3. The van der Waals surface area contributed by atoms with Crippen molar-refractivity contribution in [2.24, 2.45) is 35.0 Å². The van der Waals surface area contributed by atoms with Crippen LogP contribution in [-0.4, -0.2) is 142 Å². The molecule has 16 N–H and O–H groups in total.